The fourth-order valence-corrected chi connectivity index (χ4v) is 2.60. The number of amides is 2. The summed E-state index contributed by atoms with van der Waals surface area (Å²) in [6.07, 6.45) is 1.55. The van der Waals surface area contributed by atoms with Crippen LogP contribution >= 0.6 is 0 Å². The Morgan fingerprint density at radius 2 is 1.92 bits per heavy atom. The fraction of sp³-hybridized carbons (Fsp3) is 0.250. The van der Waals surface area contributed by atoms with Gasteiger partial charge in [0.2, 0.25) is 5.91 Å². The second kappa shape index (κ2) is 7.82. The third-order valence-corrected chi connectivity index (χ3v) is 4.02. The SMILES string of the molecule is CC(C)c1cc(C(=O)NCC(=O)NCc2ccco2)c2ccccc2n1. The second-order valence-corrected chi connectivity index (χ2v) is 6.31. The van der Waals surface area contributed by atoms with Crippen molar-refractivity contribution in [3.05, 3.63) is 65.7 Å². The van der Waals surface area contributed by atoms with Crippen molar-refractivity contribution in [1.82, 2.24) is 15.6 Å². The van der Waals surface area contributed by atoms with Crippen molar-refractivity contribution in [2.75, 3.05) is 6.54 Å². The van der Waals surface area contributed by atoms with Crippen LogP contribution in [0.2, 0.25) is 0 Å². The highest BCUT2D eigenvalue weighted by Gasteiger charge is 2.15. The van der Waals surface area contributed by atoms with Gasteiger partial charge in [0.1, 0.15) is 5.76 Å². The number of pyridine rings is 1. The number of fused-ring (bicyclic) bond motifs is 1. The van der Waals surface area contributed by atoms with Crippen LogP contribution in [0.5, 0.6) is 0 Å². The Kier molecular flexibility index (Phi) is 5.31. The summed E-state index contributed by atoms with van der Waals surface area (Å²) in [6, 6.07) is 12.8. The first-order chi connectivity index (χ1) is 12.5. The van der Waals surface area contributed by atoms with Crippen LogP contribution in [-0.2, 0) is 11.3 Å². The highest BCUT2D eigenvalue weighted by molar-refractivity contribution is 6.07. The van der Waals surface area contributed by atoms with E-state index in [-0.39, 0.29) is 30.8 Å². The molecule has 3 aromatic rings. The van der Waals surface area contributed by atoms with Crippen molar-refractivity contribution < 1.29 is 14.0 Å². The molecule has 2 heterocycles. The molecule has 2 aromatic heterocycles. The summed E-state index contributed by atoms with van der Waals surface area (Å²) in [5.41, 5.74) is 2.14. The van der Waals surface area contributed by atoms with Gasteiger partial charge in [-0.3, -0.25) is 14.6 Å². The van der Waals surface area contributed by atoms with Crippen LogP contribution in [0.15, 0.2) is 53.1 Å². The lowest BCUT2D eigenvalue weighted by molar-refractivity contribution is -0.120. The Bertz CT molecular complexity index is 917. The molecule has 0 saturated carbocycles. The van der Waals surface area contributed by atoms with Gasteiger partial charge in [0.25, 0.3) is 5.91 Å². The maximum atomic E-state index is 12.6. The molecule has 2 amide bonds. The molecule has 0 atom stereocenters. The number of hydrogen-bond acceptors (Lipinski definition) is 4. The number of hydrogen-bond donors (Lipinski definition) is 2. The molecule has 3 rings (SSSR count). The van der Waals surface area contributed by atoms with Crippen molar-refractivity contribution in [3.8, 4) is 0 Å². The van der Waals surface area contributed by atoms with Gasteiger partial charge in [0.05, 0.1) is 30.4 Å². The van der Waals surface area contributed by atoms with E-state index in [1.165, 1.54) is 0 Å². The van der Waals surface area contributed by atoms with Crippen molar-refractivity contribution in [2.45, 2.75) is 26.3 Å². The van der Waals surface area contributed by atoms with Gasteiger partial charge in [0, 0.05) is 11.1 Å². The third kappa shape index (κ3) is 4.08. The van der Waals surface area contributed by atoms with Crippen LogP contribution in [-0.4, -0.2) is 23.3 Å². The molecule has 2 N–H and O–H groups in total. The van der Waals surface area contributed by atoms with Crippen LogP contribution in [0.1, 0.15) is 41.6 Å². The number of furan rings is 1. The van der Waals surface area contributed by atoms with Crippen molar-refractivity contribution in [3.63, 3.8) is 0 Å². The van der Waals surface area contributed by atoms with Crippen molar-refractivity contribution in [2.24, 2.45) is 0 Å². The topological polar surface area (TPSA) is 84.2 Å². The summed E-state index contributed by atoms with van der Waals surface area (Å²) >= 11 is 0. The number of carbonyl (C=O) groups excluding carboxylic acids is 2. The van der Waals surface area contributed by atoms with E-state index in [4.69, 9.17) is 4.42 Å². The number of nitrogens with one attached hydrogen (secondary N) is 2. The van der Waals surface area contributed by atoms with Crippen LogP contribution in [0.3, 0.4) is 0 Å². The van der Waals surface area contributed by atoms with Crippen LogP contribution in [0.4, 0.5) is 0 Å². The monoisotopic (exact) mass is 351 g/mol. The predicted octanol–water partition coefficient (Wildman–Crippen LogP) is 3.00. The summed E-state index contributed by atoms with van der Waals surface area (Å²) in [7, 11) is 0. The summed E-state index contributed by atoms with van der Waals surface area (Å²) in [4.78, 5) is 29.2. The van der Waals surface area contributed by atoms with E-state index in [1.54, 1.807) is 24.5 Å². The Morgan fingerprint density at radius 3 is 2.65 bits per heavy atom. The van der Waals surface area contributed by atoms with Gasteiger partial charge >= 0.3 is 0 Å². The minimum absolute atomic E-state index is 0.104. The Morgan fingerprint density at radius 1 is 1.12 bits per heavy atom. The first-order valence-electron chi connectivity index (χ1n) is 8.51. The lowest BCUT2D eigenvalue weighted by atomic mass is 10.0. The maximum absolute atomic E-state index is 12.6. The number of benzene rings is 1. The molecule has 0 bridgehead atoms. The quantitative estimate of drug-likeness (QED) is 0.715. The van der Waals surface area contributed by atoms with Crippen molar-refractivity contribution in [1.29, 1.82) is 0 Å². The number of rotatable bonds is 6. The van der Waals surface area contributed by atoms with Gasteiger partial charge < -0.3 is 15.1 Å². The summed E-state index contributed by atoms with van der Waals surface area (Å²) in [6.45, 7) is 4.24. The highest BCUT2D eigenvalue weighted by Crippen LogP contribution is 2.22. The van der Waals surface area contributed by atoms with Gasteiger partial charge in [0.15, 0.2) is 0 Å². The molecule has 0 fully saturated rings. The fourth-order valence-electron chi connectivity index (χ4n) is 2.60. The normalized spacial score (nSPS) is 10.9. The van der Waals surface area contributed by atoms with Crippen molar-refractivity contribution >= 4 is 22.7 Å². The third-order valence-electron chi connectivity index (χ3n) is 4.02. The van der Waals surface area contributed by atoms with E-state index < -0.39 is 0 Å². The van der Waals surface area contributed by atoms with Gasteiger partial charge in [-0.2, -0.15) is 0 Å². The molecule has 6 nitrogen and oxygen atoms in total. The van der Waals surface area contributed by atoms with Gasteiger partial charge in [-0.05, 0) is 30.2 Å². The average Bonchev–Trinajstić information content (AvgIpc) is 3.17. The molecule has 0 aliphatic carbocycles. The molecule has 1 aromatic carbocycles. The molecule has 0 spiro atoms. The lowest BCUT2D eigenvalue weighted by Crippen LogP contribution is -2.36. The number of para-hydroxylation sites is 1. The molecule has 0 unspecified atom stereocenters. The smallest absolute Gasteiger partial charge is 0.252 e. The Labute approximate surface area is 151 Å². The van der Waals surface area contributed by atoms with E-state index in [0.717, 1.165) is 16.6 Å². The number of nitrogens with zero attached hydrogens (tertiary/aromatic N) is 1. The average molecular weight is 351 g/mol. The van der Waals surface area contributed by atoms with Gasteiger partial charge in [-0.1, -0.05) is 32.0 Å². The van der Waals surface area contributed by atoms with Gasteiger partial charge in [-0.25, -0.2) is 0 Å². The summed E-state index contributed by atoms with van der Waals surface area (Å²) in [5.74, 6) is 0.282. The minimum atomic E-state index is -0.293. The molecule has 0 aliphatic rings. The predicted molar refractivity (Wildman–Crippen MR) is 98.7 cm³/mol. The van der Waals surface area contributed by atoms with Crippen LogP contribution < -0.4 is 10.6 Å². The lowest BCUT2D eigenvalue weighted by Gasteiger charge is -2.12. The van der Waals surface area contributed by atoms with E-state index in [1.807, 2.05) is 38.1 Å². The molecule has 0 aliphatic heterocycles. The molecule has 134 valence electrons. The standard InChI is InChI=1S/C20H21N3O3/c1-13(2)18-10-16(15-7-3-4-8-17(15)23-18)20(25)22-12-19(24)21-11-14-6-5-9-26-14/h3-10,13H,11-12H2,1-2H3,(H,21,24)(H,22,25). The van der Waals surface area contributed by atoms with E-state index in [2.05, 4.69) is 15.6 Å². The molecule has 26 heavy (non-hydrogen) atoms. The minimum Gasteiger partial charge on any atom is -0.467 e. The zero-order valence-corrected chi connectivity index (χ0v) is 14.8. The summed E-state index contributed by atoms with van der Waals surface area (Å²) in [5, 5.41) is 6.15. The molecule has 6 heteroatoms. The number of carbonyl (C=O) groups is 2. The molecule has 0 radical (unpaired) electrons. The molecular weight excluding hydrogens is 330 g/mol. The van der Waals surface area contributed by atoms with E-state index in [0.29, 0.717) is 11.3 Å². The molecular formula is C20H21N3O3. The number of aromatic nitrogens is 1. The van der Waals surface area contributed by atoms with E-state index >= 15 is 0 Å². The van der Waals surface area contributed by atoms with Gasteiger partial charge in [-0.15, -0.1) is 0 Å². The van der Waals surface area contributed by atoms with Crippen LogP contribution in [0.25, 0.3) is 10.9 Å². The Hall–Kier alpha value is -3.15. The highest BCUT2D eigenvalue weighted by atomic mass is 16.3. The first-order valence-corrected chi connectivity index (χ1v) is 8.51. The largest absolute Gasteiger partial charge is 0.467 e. The summed E-state index contributed by atoms with van der Waals surface area (Å²) < 4.78 is 5.15. The zero-order valence-electron chi connectivity index (χ0n) is 14.8. The van der Waals surface area contributed by atoms with E-state index in [9.17, 15) is 9.59 Å². The maximum Gasteiger partial charge on any atom is 0.252 e. The van der Waals surface area contributed by atoms with Crippen LogP contribution in [0, 0.1) is 0 Å². The Balaban J connectivity index is 1.70. The first kappa shape index (κ1) is 17.7. The second-order valence-electron chi connectivity index (χ2n) is 6.31. The molecule has 0 saturated heterocycles. The zero-order chi connectivity index (χ0) is 18.5.